The first kappa shape index (κ1) is 9.58. The van der Waals surface area contributed by atoms with Crippen LogP contribution in [-0.2, 0) is 6.42 Å². The van der Waals surface area contributed by atoms with Gasteiger partial charge in [-0.2, -0.15) is 5.10 Å². The number of nitrogens with zero attached hydrogens (tertiary/aromatic N) is 1. The third kappa shape index (κ3) is 2.47. The molecule has 0 bridgehead atoms. The summed E-state index contributed by atoms with van der Waals surface area (Å²) in [5.74, 6) is 5.48. The summed E-state index contributed by atoms with van der Waals surface area (Å²) in [5.41, 5.74) is 7.75. The molecule has 13 heavy (non-hydrogen) atoms. The molecule has 0 heterocycles. The first-order valence-corrected chi connectivity index (χ1v) is 4.40. The van der Waals surface area contributed by atoms with Gasteiger partial charge in [0.15, 0.2) is 0 Å². The quantitative estimate of drug-likeness (QED) is 0.315. The smallest absolute Gasteiger partial charge is 0.150 e. The van der Waals surface area contributed by atoms with Gasteiger partial charge in [0.25, 0.3) is 0 Å². The normalized spacial score (nSPS) is 11.6. The second kappa shape index (κ2) is 4.50. The van der Waals surface area contributed by atoms with E-state index in [-0.39, 0.29) is 0 Å². The third-order valence-corrected chi connectivity index (χ3v) is 1.90. The van der Waals surface area contributed by atoms with Crippen LogP contribution >= 0.6 is 0 Å². The van der Waals surface area contributed by atoms with E-state index in [0.717, 1.165) is 18.4 Å². The Hall–Kier alpha value is -1.51. The predicted octanol–water partition coefficient (Wildman–Crippen LogP) is 1.22. The number of benzene rings is 1. The number of nitrogens with two attached hydrogens (primary N) is 2. The van der Waals surface area contributed by atoms with Crippen LogP contribution in [0, 0.1) is 0 Å². The highest BCUT2D eigenvalue weighted by Gasteiger charge is 1.98. The molecule has 0 aliphatic carbocycles. The van der Waals surface area contributed by atoms with Crippen molar-refractivity contribution in [3.8, 4) is 0 Å². The van der Waals surface area contributed by atoms with Gasteiger partial charge in [-0.3, -0.25) is 0 Å². The first-order valence-electron chi connectivity index (χ1n) is 4.40. The van der Waals surface area contributed by atoms with Crippen LogP contribution in [-0.4, -0.2) is 5.84 Å². The summed E-state index contributed by atoms with van der Waals surface area (Å²) in [6.45, 7) is 2.15. The molecule has 0 saturated carbocycles. The van der Waals surface area contributed by atoms with E-state index in [1.807, 2.05) is 18.2 Å². The molecule has 0 aliphatic heterocycles. The molecule has 0 radical (unpaired) electrons. The van der Waals surface area contributed by atoms with Crippen molar-refractivity contribution in [3.63, 3.8) is 0 Å². The molecular formula is C10H15N3. The van der Waals surface area contributed by atoms with Crippen LogP contribution in [0.2, 0.25) is 0 Å². The summed E-state index contributed by atoms with van der Waals surface area (Å²) in [7, 11) is 0. The monoisotopic (exact) mass is 177 g/mol. The van der Waals surface area contributed by atoms with Crippen molar-refractivity contribution in [2.75, 3.05) is 0 Å². The molecule has 0 aromatic heterocycles. The SMILES string of the molecule is CCCc1cccc(/C(N)=N/N)c1. The van der Waals surface area contributed by atoms with Crippen molar-refractivity contribution < 1.29 is 0 Å². The lowest BCUT2D eigenvalue weighted by molar-refractivity contribution is 0.921. The van der Waals surface area contributed by atoms with Gasteiger partial charge in [0.1, 0.15) is 5.84 Å². The number of hydrazone groups is 1. The molecule has 0 aliphatic rings. The Morgan fingerprint density at radius 1 is 1.46 bits per heavy atom. The fourth-order valence-corrected chi connectivity index (χ4v) is 1.25. The van der Waals surface area contributed by atoms with Gasteiger partial charge in [-0.1, -0.05) is 31.5 Å². The average Bonchev–Trinajstić information content (AvgIpc) is 2.18. The molecule has 0 unspecified atom stereocenters. The summed E-state index contributed by atoms with van der Waals surface area (Å²) in [6, 6.07) is 7.98. The largest absolute Gasteiger partial charge is 0.382 e. The number of hydrogen-bond donors (Lipinski definition) is 2. The summed E-state index contributed by atoms with van der Waals surface area (Å²) in [4.78, 5) is 0. The van der Waals surface area contributed by atoms with Crippen molar-refractivity contribution in [2.24, 2.45) is 16.7 Å². The van der Waals surface area contributed by atoms with Gasteiger partial charge >= 0.3 is 0 Å². The predicted molar refractivity (Wildman–Crippen MR) is 55.3 cm³/mol. The Morgan fingerprint density at radius 2 is 2.23 bits per heavy atom. The standard InChI is InChI=1S/C10H15N3/c1-2-4-8-5-3-6-9(7-8)10(11)13-12/h3,5-7H,2,4,12H2,1H3,(H2,11,13). The summed E-state index contributed by atoms with van der Waals surface area (Å²) in [5, 5.41) is 3.45. The fourth-order valence-electron chi connectivity index (χ4n) is 1.25. The molecule has 1 aromatic rings. The van der Waals surface area contributed by atoms with Gasteiger partial charge in [0, 0.05) is 5.56 Å². The molecule has 1 aromatic carbocycles. The van der Waals surface area contributed by atoms with E-state index >= 15 is 0 Å². The van der Waals surface area contributed by atoms with Gasteiger partial charge in [0.05, 0.1) is 0 Å². The Kier molecular flexibility index (Phi) is 3.31. The van der Waals surface area contributed by atoms with Crippen molar-refractivity contribution >= 4 is 5.84 Å². The zero-order valence-electron chi connectivity index (χ0n) is 7.83. The van der Waals surface area contributed by atoms with Crippen LogP contribution in [0.4, 0.5) is 0 Å². The van der Waals surface area contributed by atoms with Crippen molar-refractivity contribution in [2.45, 2.75) is 19.8 Å². The maximum absolute atomic E-state index is 5.58. The highest BCUT2D eigenvalue weighted by molar-refractivity contribution is 5.97. The number of rotatable bonds is 3. The van der Waals surface area contributed by atoms with Crippen molar-refractivity contribution in [1.29, 1.82) is 0 Å². The second-order valence-electron chi connectivity index (χ2n) is 2.96. The molecule has 0 fully saturated rings. The molecule has 0 spiro atoms. The Balaban J connectivity index is 2.91. The lowest BCUT2D eigenvalue weighted by Gasteiger charge is -2.02. The molecule has 3 nitrogen and oxygen atoms in total. The molecule has 0 atom stereocenters. The van der Waals surface area contributed by atoms with Gasteiger partial charge in [-0.05, 0) is 18.1 Å². The molecule has 0 amide bonds. The van der Waals surface area contributed by atoms with E-state index in [2.05, 4.69) is 18.1 Å². The highest BCUT2D eigenvalue weighted by atomic mass is 15.1. The number of hydrogen-bond acceptors (Lipinski definition) is 2. The van der Waals surface area contributed by atoms with Gasteiger partial charge in [0.2, 0.25) is 0 Å². The topological polar surface area (TPSA) is 64.4 Å². The van der Waals surface area contributed by atoms with E-state index in [4.69, 9.17) is 11.6 Å². The average molecular weight is 177 g/mol. The first-order chi connectivity index (χ1) is 6.27. The zero-order chi connectivity index (χ0) is 9.68. The Labute approximate surface area is 78.4 Å². The molecule has 4 N–H and O–H groups in total. The lowest BCUT2D eigenvalue weighted by atomic mass is 10.1. The van der Waals surface area contributed by atoms with E-state index in [0.29, 0.717) is 5.84 Å². The van der Waals surface area contributed by atoms with E-state index < -0.39 is 0 Å². The molecular weight excluding hydrogens is 162 g/mol. The lowest BCUT2D eigenvalue weighted by Crippen LogP contribution is -2.15. The van der Waals surface area contributed by atoms with E-state index in [9.17, 15) is 0 Å². The molecule has 1 rings (SSSR count). The number of aryl methyl sites for hydroxylation is 1. The van der Waals surface area contributed by atoms with E-state index in [1.165, 1.54) is 5.56 Å². The van der Waals surface area contributed by atoms with Gasteiger partial charge in [-0.15, -0.1) is 0 Å². The van der Waals surface area contributed by atoms with Crippen molar-refractivity contribution in [1.82, 2.24) is 0 Å². The van der Waals surface area contributed by atoms with Crippen LogP contribution < -0.4 is 11.6 Å². The van der Waals surface area contributed by atoms with E-state index in [1.54, 1.807) is 0 Å². The maximum atomic E-state index is 5.58. The zero-order valence-corrected chi connectivity index (χ0v) is 7.83. The van der Waals surface area contributed by atoms with Crippen LogP contribution in [0.15, 0.2) is 29.4 Å². The summed E-state index contributed by atoms with van der Waals surface area (Å²) < 4.78 is 0. The van der Waals surface area contributed by atoms with Crippen LogP contribution in [0.3, 0.4) is 0 Å². The van der Waals surface area contributed by atoms with Crippen LogP contribution in [0.5, 0.6) is 0 Å². The Morgan fingerprint density at radius 3 is 2.85 bits per heavy atom. The van der Waals surface area contributed by atoms with Crippen LogP contribution in [0.1, 0.15) is 24.5 Å². The summed E-state index contributed by atoms with van der Waals surface area (Å²) >= 11 is 0. The second-order valence-corrected chi connectivity index (χ2v) is 2.96. The van der Waals surface area contributed by atoms with Crippen LogP contribution in [0.25, 0.3) is 0 Å². The maximum Gasteiger partial charge on any atom is 0.150 e. The minimum absolute atomic E-state index is 0.387. The number of amidine groups is 1. The van der Waals surface area contributed by atoms with Crippen molar-refractivity contribution in [3.05, 3.63) is 35.4 Å². The molecule has 3 heteroatoms. The highest BCUT2D eigenvalue weighted by Crippen LogP contribution is 2.06. The third-order valence-electron chi connectivity index (χ3n) is 1.90. The van der Waals surface area contributed by atoms with Gasteiger partial charge < -0.3 is 11.6 Å². The minimum atomic E-state index is 0.387. The van der Waals surface area contributed by atoms with Gasteiger partial charge in [-0.25, -0.2) is 0 Å². The Bertz CT molecular complexity index is 305. The molecule has 0 saturated heterocycles. The summed E-state index contributed by atoms with van der Waals surface area (Å²) in [6.07, 6.45) is 2.19. The molecule has 70 valence electrons. The fraction of sp³-hybridized carbons (Fsp3) is 0.300. The minimum Gasteiger partial charge on any atom is -0.382 e.